The van der Waals surface area contributed by atoms with Gasteiger partial charge in [0, 0.05) is 35.4 Å². The van der Waals surface area contributed by atoms with Gasteiger partial charge in [0.05, 0.1) is 16.3 Å². The molecule has 2 aromatic heterocycles. The fourth-order valence-corrected chi connectivity index (χ4v) is 4.54. The van der Waals surface area contributed by atoms with Crippen molar-refractivity contribution in [2.45, 2.75) is 13.3 Å². The Labute approximate surface area is 206 Å². The first-order valence-electron chi connectivity index (χ1n) is 9.16. The highest BCUT2D eigenvalue weighted by Crippen LogP contribution is 2.34. The third-order valence-electron chi connectivity index (χ3n) is 4.29. The normalized spacial score (nSPS) is 10.8. The molecule has 11 heteroatoms. The Kier molecular flexibility index (Phi) is 7.74. The number of hydrogen-bond acceptors (Lipinski definition) is 4. The lowest BCUT2D eigenvalue weighted by Gasteiger charge is -2.22. The Morgan fingerprint density at radius 2 is 1.97 bits per heavy atom. The Bertz CT molecular complexity index is 1150. The van der Waals surface area contributed by atoms with Gasteiger partial charge in [0.15, 0.2) is 5.82 Å². The van der Waals surface area contributed by atoms with E-state index in [2.05, 4.69) is 47.3 Å². The number of hydrogen-bond donors (Lipinski definition) is 1. The largest absolute Gasteiger partial charge is 0.352 e. The van der Waals surface area contributed by atoms with Crippen molar-refractivity contribution in [2.24, 2.45) is 0 Å². The van der Waals surface area contributed by atoms with Crippen molar-refractivity contribution in [1.29, 1.82) is 0 Å². The highest BCUT2D eigenvalue weighted by Gasteiger charge is 2.27. The van der Waals surface area contributed by atoms with E-state index in [1.54, 1.807) is 37.5 Å². The predicted molar refractivity (Wildman–Crippen MR) is 129 cm³/mol. The summed E-state index contributed by atoms with van der Waals surface area (Å²) in [5.74, 6) is -0.447. The summed E-state index contributed by atoms with van der Waals surface area (Å²) >= 11 is 19.2. The van der Waals surface area contributed by atoms with Crippen LogP contribution in [0.1, 0.15) is 34.2 Å². The van der Waals surface area contributed by atoms with Crippen molar-refractivity contribution in [1.82, 2.24) is 20.1 Å². The van der Waals surface area contributed by atoms with Crippen LogP contribution in [0.15, 0.2) is 45.6 Å². The van der Waals surface area contributed by atoms with Crippen molar-refractivity contribution in [3.05, 3.63) is 66.9 Å². The molecule has 0 atom stereocenters. The molecule has 3 aromatic rings. The van der Waals surface area contributed by atoms with Crippen LogP contribution in [0.4, 0.5) is 5.69 Å². The molecule has 0 saturated carbocycles. The van der Waals surface area contributed by atoms with Crippen molar-refractivity contribution in [2.75, 3.05) is 18.5 Å². The summed E-state index contributed by atoms with van der Waals surface area (Å²) < 4.78 is 2.28. The number of amides is 2. The molecule has 1 N–H and O–H groups in total. The summed E-state index contributed by atoms with van der Waals surface area (Å²) in [5, 5.41) is 7.82. The monoisotopic (exact) mass is 587 g/mol. The first-order chi connectivity index (χ1) is 14.7. The van der Waals surface area contributed by atoms with E-state index in [1.807, 2.05) is 6.92 Å². The SMILES string of the molecule is CCCNC(=O)c1cc(Cl)cc(Br)c1N(C)C(=O)c1cc(Br)nn1-c1ncccc1Cl. The van der Waals surface area contributed by atoms with Gasteiger partial charge in [-0.3, -0.25) is 9.59 Å². The van der Waals surface area contributed by atoms with E-state index in [-0.39, 0.29) is 17.2 Å². The molecule has 0 bridgehead atoms. The van der Waals surface area contributed by atoms with Crippen LogP contribution in [0.3, 0.4) is 0 Å². The van der Waals surface area contributed by atoms with Crippen molar-refractivity contribution < 1.29 is 9.59 Å². The van der Waals surface area contributed by atoms with E-state index < -0.39 is 5.91 Å². The van der Waals surface area contributed by atoms with Crippen molar-refractivity contribution in [3.63, 3.8) is 0 Å². The maximum absolute atomic E-state index is 13.5. The molecule has 7 nitrogen and oxygen atoms in total. The topological polar surface area (TPSA) is 80.1 Å². The number of carbonyl (C=O) groups is 2. The van der Waals surface area contributed by atoms with E-state index in [9.17, 15) is 9.59 Å². The van der Waals surface area contributed by atoms with Gasteiger partial charge in [-0.15, -0.1) is 0 Å². The lowest BCUT2D eigenvalue weighted by molar-refractivity contribution is 0.0954. The third kappa shape index (κ3) is 5.11. The van der Waals surface area contributed by atoms with Gasteiger partial charge in [-0.1, -0.05) is 30.1 Å². The van der Waals surface area contributed by atoms with Gasteiger partial charge in [0.2, 0.25) is 0 Å². The molecule has 3 rings (SSSR count). The van der Waals surface area contributed by atoms with Crippen LogP contribution in [-0.2, 0) is 0 Å². The van der Waals surface area contributed by atoms with E-state index in [0.29, 0.717) is 37.2 Å². The molecule has 0 fully saturated rings. The zero-order valence-corrected chi connectivity index (χ0v) is 21.2. The fraction of sp³-hybridized carbons (Fsp3) is 0.200. The average Bonchev–Trinajstić information content (AvgIpc) is 3.12. The predicted octanol–water partition coefficient (Wildman–Crippen LogP) is 5.52. The number of nitrogens with one attached hydrogen (secondary N) is 1. The fourth-order valence-electron chi connectivity index (χ4n) is 2.89. The first kappa shape index (κ1) is 23.7. The van der Waals surface area contributed by atoms with Gasteiger partial charge in [0.1, 0.15) is 10.3 Å². The van der Waals surface area contributed by atoms with Crippen molar-refractivity contribution >= 4 is 72.6 Å². The van der Waals surface area contributed by atoms with Crippen LogP contribution in [0, 0.1) is 0 Å². The molecular formula is C20H17Br2Cl2N5O2. The Balaban J connectivity index is 2.08. The third-order valence-corrected chi connectivity index (χ3v) is 5.79. The zero-order valence-electron chi connectivity index (χ0n) is 16.5. The van der Waals surface area contributed by atoms with Gasteiger partial charge in [-0.05, 0) is 62.5 Å². The van der Waals surface area contributed by atoms with Crippen LogP contribution in [0.5, 0.6) is 0 Å². The molecule has 0 aliphatic heterocycles. The summed E-state index contributed by atoms with van der Waals surface area (Å²) in [4.78, 5) is 31.8. The summed E-state index contributed by atoms with van der Waals surface area (Å²) in [5.41, 5.74) is 0.848. The van der Waals surface area contributed by atoms with Gasteiger partial charge in [-0.2, -0.15) is 5.10 Å². The second kappa shape index (κ2) is 10.1. The smallest absolute Gasteiger partial charge is 0.276 e. The molecule has 0 aliphatic rings. The second-order valence-electron chi connectivity index (χ2n) is 6.48. The van der Waals surface area contributed by atoms with E-state index in [4.69, 9.17) is 23.2 Å². The minimum atomic E-state index is -0.424. The van der Waals surface area contributed by atoms with Gasteiger partial charge < -0.3 is 10.2 Å². The Hall–Kier alpha value is -1.94. The van der Waals surface area contributed by atoms with E-state index in [1.165, 1.54) is 15.6 Å². The van der Waals surface area contributed by atoms with Gasteiger partial charge in [0.25, 0.3) is 11.8 Å². The minimum absolute atomic E-state index is 0.205. The van der Waals surface area contributed by atoms with Crippen LogP contribution >= 0.6 is 55.1 Å². The lowest BCUT2D eigenvalue weighted by Crippen LogP contribution is -2.32. The Morgan fingerprint density at radius 1 is 1.23 bits per heavy atom. The quantitative estimate of drug-likeness (QED) is 0.411. The second-order valence-corrected chi connectivity index (χ2v) is 8.99. The first-order valence-corrected chi connectivity index (χ1v) is 11.5. The van der Waals surface area contributed by atoms with Crippen LogP contribution in [0.2, 0.25) is 10.0 Å². The summed E-state index contributed by atoms with van der Waals surface area (Å²) in [6, 6.07) is 8.05. The van der Waals surface area contributed by atoms with Gasteiger partial charge in [-0.25, -0.2) is 9.67 Å². The molecular weight excluding hydrogens is 573 g/mol. The number of nitrogens with zero attached hydrogens (tertiary/aromatic N) is 4. The standard InChI is InChI=1S/C20H17Br2Cl2N5O2/c1-3-6-26-19(30)12-8-11(23)9-13(21)17(12)28(2)20(31)15-10-16(22)27-29(15)18-14(24)5-4-7-25-18/h4-5,7-10H,3,6H2,1-2H3,(H,26,30). The van der Waals surface area contributed by atoms with Crippen LogP contribution in [0.25, 0.3) is 5.82 Å². The molecule has 1 aromatic carbocycles. The Morgan fingerprint density at radius 3 is 2.65 bits per heavy atom. The number of pyridine rings is 1. The average molecular weight is 590 g/mol. The van der Waals surface area contributed by atoms with Crippen LogP contribution < -0.4 is 10.2 Å². The number of anilines is 1. The summed E-state index contributed by atoms with van der Waals surface area (Å²) in [6.07, 6.45) is 2.33. The molecule has 0 saturated heterocycles. The number of carbonyl (C=O) groups excluding carboxylic acids is 2. The molecule has 2 amide bonds. The number of aromatic nitrogens is 3. The highest BCUT2D eigenvalue weighted by atomic mass is 79.9. The maximum Gasteiger partial charge on any atom is 0.276 e. The van der Waals surface area contributed by atoms with Crippen molar-refractivity contribution in [3.8, 4) is 5.82 Å². The molecule has 162 valence electrons. The summed E-state index contributed by atoms with van der Waals surface area (Å²) in [6.45, 7) is 2.45. The van der Waals surface area contributed by atoms with Gasteiger partial charge >= 0.3 is 0 Å². The number of benzene rings is 1. The molecule has 0 spiro atoms. The zero-order chi connectivity index (χ0) is 22.7. The molecule has 0 radical (unpaired) electrons. The molecule has 2 heterocycles. The molecule has 0 unspecified atom stereocenters. The number of halogens is 4. The van der Waals surface area contributed by atoms with Crippen LogP contribution in [-0.4, -0.2) is 40.2 Å². The van der Waals surface area contributed by atoms with E-state index >= 15 is 0 Å². The maximum atomic E-state index is 13.5. The minimum Gasteiger partial charge on any atom is -0.352 e. The molecule has 0 aliphatic carbocycles. The lowest BCUT2D eigenvalue weighted by atomic mass is 10.1. The molecule has 31 heavy (non-hydrogen) atoms. The summed E-state index contributed by atoms with van der Waals surface area (Å²) in [7, 11) is 1.57. The number of rotatable bonds is 6. The highest BCUT2D eigenvalue weighted by molar-refractivity contribution is 9.10. The van der Waals surface area contributed by atoms with E-state index in [0.717, 1.165) is 6.42 Å².